The molecule has 3 fully saturated rings. The monoisotopic (exact) mass is 345 g/mol. The molecule has 0 spiro atoms. The van der Waals surface area contributed by atoms with Crippen LogP contribution >= 0.6 is 0 Å². The van der Waals surface area contributed by atoms with Crippen molar-refractivity contribution in [3.05, 3.63) is 35.9 Å². The SMILES string of the molecule is CC(C)[N+]1(C)C2CC(OC(=O)C(C[O-])c3ccccc3)CC1C1OC12. The number of benzene rings is 1. The van der Waals surface area contributed by atoms with Gasteiger partial charge >= 0.3 is 5.97 Å². The van der Waals surface area contributed by atoms with Gasteiger partial charge in [-0.05, 0) is 19.4 Å². The summed E-state index contributed by atoms with van der Waals surface area (Å²) in [4.78, 5) is 12.6. The molecule has 2 bridgehead atoms. The maximum absolute atomic E-state index is 12.6. The lowest BCUT2D eigenvalue weighted by molar-refractivity contribution is -0.974. The molecule has 25 heavy (non-hydrogen) atoms. The van der Waals surface area contributed by atoms with Gasteiger partial charge in [-0.3, -0.25) is 4.79 Å². The van der Waals surface area contributed by atoms with Crippen LogP contribution in [0.4, 0.5) is 0 Å². The van der Waals surface area contributed by atoms with E-state index in [1.165, 1.54) is 0 Å². The highest BCUT2D eigenvalue weighted by Crippen LogP contribution is 2.53. The Morgan fingerprint density at radius 1 is 1.24 bits per heavy atom. The number of esters is 1. The molecule has 0 amide bonds. The first-order valence-corrected chi connectivity index (χ1v) is 9.31. The molecule has 1 aromatic rings. The number of morpholine rings is 1. The van der Waals surface area contributed by atoms with Crippen molar-refractivity contribution in [1.82, 2.24) is 0 Å². The van der Waals surface area contributed by atoms with E-state index in [1.54, 1.807) is 0 Å². The molecular weight excluding hydrogens is 318 g/mol. The molecule has 4 rings (SSSR count). The predicted molar refractivity (Wildman–Crippen MR) is 90.7 cm³/mol. The zero-order valence-electron chi connectivity index (χ0n) is 15.1. The maximum Gasteiger partial charge on any atom is 0.312 e. The first-order chi connectivity index (χ1) is 12.0. The number of fused-ring (bicyclic) bond motifs is 5. The fourth-order valence-electron chi connectivity index (χ4n) is 5.09. The fourth-order valence-corrected chi connectivity index (χ4v) is 5.09. The topological polar surface area (TPSA) is 61.9 Å². The molecule has 5 heteroatoms. The normalized spacial score (nSPS) is 39.8. The van der Waals surface area contributed by atoms with Gasteiger partial charge in [0.1, 0.15) is 30.4 Å². The van der Waals surface area contributed by atoms with E-state index in [-0.39, 0.29) is 12.1 Å². The lowest BCUT2D eigenvalue weighted by atomic mass is 9.93. The quantitative estimate of drug-likeness (QED) is 0.457. The number of nitrogens with zero attached hydrogens (tertiary/aromatic N) is 1. The summed E-state index contributed by atoms with van der Waals surface area (Å²) in [6.07, 6.45) is 2.22. The van der Waals surface area contributed by atoms with E-state index in [4.69, 9.17) is 9.47 Å². The van der Waals surface area contributed by atoms with Crippen molar-refractivity contribution in [2.45, 2.75) is 69.0 Å². The van der Waals surface area contributed by atoms with E-state index in [2.05, 4.69) is 20.9 Å². The van der Waals surface area contributed by atoms with E-state index >= 15 is 0 Å². The zero-order valence-corrected chi connectivity index (χ0v) is 15.1. The van der Waals surface area contributed by atoms with Crippen molar-refractivity contribution in [1.29, 1.82) is 0 Å². The third-order valence-electron chi connectivity index (χ3n) is 6.81. The maximum atomic E-state index is 12.6. The molecule has 5 unspecified atom stereocenters. The Bertz CT molecular complexity index is 628. The van der Waals surface area contributed by atoms with Crippen molar-refractivity contribution in [2.24, 2.45) is 0 Å². The van der Waals surface area contributed by atoms with Crippen LogP contribution in [-0.4, -0.2) is 60.5 Å². The Hall–Kier alpha value is -1.43. The van der Waals surface area contributed by atoms with Gasteiger partial charge in [0, 0.05) is 12.8 Å². The standard InChI is InChI=1S/C20H27NO4/c1-12(2)21(3)16-9-14(10-17(21)19-18(16)25-19)24-20(23)15(11-22)13-7-5-4-6-8-13/h4-8,12,14-19H,9-11H2,1-3H3. The Balaban J connectivity index is 1.46. The summed E-state index contributed by atoms with van der Waals surface area (Å²) < 4.78 is 12.7. The molecule has 0 radical (unpaired) electrons. The molecule has 0 saturated carbocycles. The average Bonchev–Trinajstić information content (AvgIpc) is 3.35. The van der Waals surface area contributed by atoms with Crippen molar-refractivity contribution in [3.63, 3.8) is 0 Å². The lowest BCUT2D eigenvalue weighted by Crippen LogP contribution is -2.65. The second-order valence-electron chi connectivity index (χ2n) is 8.18. The Morgan fingerprint density at radius 3 is 2.36 bits per heavy atom. The highest BCUT2D eigenvalue weighted by molar-refractivity contribution is 5.78. The summed E-state index contributed by atoms with van der Waals surface area (Å²) in [5.74, 6) is -1.08. The number of hydrogen-bond acceptors (Lipinski definition) is 4. The van der Waals surface area contributed by atoms with Crippen LogP contribution in [0.1, 0.15) is 38.2 Å². The highest BCUT2D eigenvalue weighted by atomic mass is 16.6. The number of ether oxygens (including phenoxy) is 2. The largest absolute Gasteiger partial charge is 0.854 e. The van der Waals surface area contributed by atoms with E-state index in [0.717, 1.165) is 22.9 Å². The molecular formula is C20H27NO4. The van der Waals surface area contributed by atoms with Crippen molar-refractivity contribution in [3.8, 4) is 0 Å². The molecule has 1 aromatic carbocycles. The van der Waals surface area contributed by atoms with Gasteiger partial charge in [0.25, 0.3) is 0 Å². The molecule has 3 saturated heterocycles. The number of likely N-dealkylation sites (N-methyl/N-ethyl adjacent to an activating group) is 1. The van der Waals surface area contributed by atoms with Gasteiger partial charge in [0.05, 0.1) is 19.0 Å². The molecule has 3 aliphatic rings. The third kappa shape index (κ3) is 2.60. The molecule has 0 N–H and O–H groups in total. The Labute approximate surface area is 149 Å². The van der Waals surface area contributed by atoms with Crippen molar-refractivity contribution < 1.29 is 23.9 Å². The zero-order chi connectivity index (χ0) is 17.8. The van der Waals surface area contributed by atoms with Crippen LogP contribution in [0.5, 0.6) is 0 Å². The number of quaternary nitrogens is 1. The molecule has 136 valence electrons. The summed E-state index contributed by atoms with van der Waals surface area (Å²) in [7, 11) is 2.32. The molecule has 3 aliphatic heterocycles. The van der Waals surface area contributed by atoms with Crippen LogP contribution in [0.2, 0.25) is 0 Å². The molecule has 3 heterocycles. The fraction of sp³-hybridized carbons (Fsp3) is 0.650. The Kier molecular flexibility index (Phi) is 4.13. The van der Waals surface area contributed by atoms with Crippen LogP contribution in [0.3, 0.4) is 0 Å². The minimum Gasteiger partial charge on any atom is -0.854 e. The number of epoxide rings is 1. The third-order valence-corrected chi connectivity index (χ3v) is 6.81. The average molecular weight is 345 g/mol. The van der Waals surface area contributed by atoms with Gasteiger partial charge in [-0.25, -0.2) is 0 Å². The summed E-state index contributed by atoms with van der Waals surface area (Å²) >= 11 is 0. The summed E-state index contributed by atoms with van der Waals surface area (Å²) in [6.45, 7) is 4.05. The molecule has 0 aliphatic carbocycles. The number of rotatable bonds is 5. The molecule has 5 atom stereocenters. The van der Waals surface area contributed by atoms with Crippen LogP contribution in [0.15, 0.2) is 30.3 Å². The van der Waals surface area contributed by atoms with Gasteiger partial charge < -0.3 is 19.1 Å². The minimum absolute atomic E-state index is 0.0957. The van der Waals surface area contributed by atoms with E-state index in [1.807, 2.05) is 30.3 Å². The van der Waals surface area contributed by atoms with Gasteiger partial charge in [-0.2, -0.15) is 0 Å². The van der Waals surface area contributed by atoms with Gasteiger partial charge in [0.2, 0.25) is 0 Å². The van der Waals surface area contributed by atoms with Crippen molar-refractivity contribution in [2.75, 3.05) is 13.7 Å². The summed E-state index contributed by atoms with van der Waals surface area (Å²) in [6, 6.07) is 10.5. The smallest absolute Gasteiger partial charge is 0.312 e. The lowest BCUT2D eigenvalue weighted by Gasteiger charge is -2.51. The first kappa shape index (κ1) is 17.0. The van der Waals surface area contributed by atoms with E-state index < -0.39 is 12.5 Å². The molecule has 5 nitrogen and oxygen atoms in total. The highest BCUT2D eigenvalue weighted by Gasteiger charge is 2.72. The van der Waals surface area contributed by atoms with Gasteiger partial charge in [-0.1, -0.05) is 30.3 Å². The Morgan fingerprint density at radius 2 is 1.84 bits per heavy atom. The number of piperidine rings is 1. The second kappa shape index (κ2) is 6.08. The second-order valence-corrected chi connectivity index (χ2v) is 8.18. The van der Waals surface area contributed by atoms with Gasteiger partial charge in [0.15, 0.2) is 0 Å². The van der Waals surface area contributed by atoms with Crippen LogP contribution in [-0.2, 0) is 14.3 Å². The minimum atomic E-state index is -0.711. The van der Waals surface area contributed by atoms with E-state index in [9.17, 15) is 9.90 Å². The summed E-state index contributed by atoms with van der Waals surface area (Å²) in [5.41, 5.74) is 0.746. The number of carbonyl (C=O) groups excluding carboxylic acids is 1. The van der Waals surface area contributed by atoms with Crippen molar-refractivity contribution >= 4 is 5.97 Å². The van der Waals surface area contributed by atoms with Crippen LogP contribution in [0.25, 0.3) is 0 Å². The molecule has 0 aromatic heterocycles. The van der Waals surface area contributed by atoms with Gasteiger partial charge in [-0.15, -0.1) is 6.61 Å². The van der Waals surface area contributed by atoms with E-state index in [0.29, 0.717) is 30.3 Å². The number of carbonyl (C=O) groups is 1. The van der Waals surface area contributed by atoms with Crippen LogP contribution < -0.4 is 5.11 Å². The summed E-state index contributed by atoms with van der Waals surface area (Å²) in [5, 5.41) is 11.6. The number of hydrogen-bond donors (Lipinski definition) is 0. The first-order valence-electron chi connectivity index (χ1n) is 9.31. The predicted octanol–water partition coefficient (Wildman–Crippen LogP) is 1.21. The van der Waals surface area contributed by atoms with Crippen LogP contribution in [0, 0.1) is 0 Å².